The second-order valence-electron chi connectivity index (χ2n) is 7.81. The first-order valence-corrected chi connectivity index (χ1v) is 11.1. The lowest BCUT2D eigenvalue weighted by atomic mass is 10.1. The molecule has 0 spiro atoms. The number of carbonyl (C=O) groups is 2. The van der Waals surface area contributed by atoms with Gasteiger partial charge >= 0.3 is 0 Å². The minimum Gasteiger partial charge on any atom is -0.484 e. The van der Waals surface area contributed by atoms with Gasteiger partial charge in [0.15, 0.2) is 6.61 Å². The monoisotopic (exact) mass is 474 g/mol. The quantitative estimate of drug-likeness (QED) is 0.541. The van der Waals surface area contributed by atoms with Gasteiger partial charge in [-0.2, -0.15) is 0 Å². The zero-order chi connectivity index (χ0) is 22.1. The number of rotatable bonds is 10. The van der Waals surface area contributed by atoms with Crippen molar-refractivity contribution in [2.24, 2.45) is 5.92 Å². The van der Waals surface area contributed by atoms with Gasteiger partial charge in [0.1, 0.15) is 11.8 Å². The summed E-state index contributed by atoms with van der Waals surface area (Å²) in [6, 6.07) is 14.8. The minimum absolute atomic E-state index is 0.124. The molecule has 2 rings (SSSR count). The van der Waals surface area contributed by atoms with Crippen LogP contribution < -0.4 is 10.1 Å². The van der Waals surface area contributed by atoms with Crippen LogP contribution in [0.1, 0.15) is 38.3 Å². The van der Waals surface area contributed by atoms with Gasteiger partial charge in [0.2, 0.25) is 5.91 Å². The first-order chi connectivity index (χ1) is 14.3. The van der Waals surface area contributed by atoms with Crippen LogP contribution in [0.5, 0.6) is 5.75 Å². The molecule has 1 atom stereocenters. The Morgan fingerprint density at radius 1 is 1.07 bits per heavy atom. The smallest absolute Gasteiger partial charge is 0.261 e. The highest BCUT2D eigenvalue weighted by Crippen LogP contribution is 2.17. The number of hydrogen-bond donors (Lipinski definition) is 1. The van der Waals surface area contributed by atoms with Crippen molar-refractivity contribution >= 4 is 27.7 Å². The van der Waals surface area contributed by atoms with Crippen LogP contribution in [0.3, 0.4) is 0 Å². The Kier molecular flexibility index (Phi) is 9.37. The van der Waals surface area contributed by atoms with E-state index in [1.807, 2.05) is 64.1 Å². The summed E-state index contributed by atoms with van der Waals surface area (Å²) in [4.78, 5) is 27.6. The van der Waals surface area contributed by atoms with Crippen LogP contribution in [-0.4, -0.2) is 35.9 Å². The molecule has 0 saturated heterocycles. The summed E-state index contributed by atoms with van der Waals surface area (Å²) in [6.45, 7) is 8.85. The summed E-state index contributed by atoms with van der Waals surface area (Å²) in [5.41, 5.74) is 2.13. The third kappa shape index (κ3) is 7.48. The number of carbonyl (C=O) groups excluding carboxylic acids is 2. The lowest BCUT2D eigenvalue weighted by molar-refractivity contribution is -0.143. The highest BCUT2D eigenvalue weighted by Gasteiger charge is 2.29. The lowest BCUT2D eigenvalue weighted by Gasteiger charge is -2.31. The van der Waals surface area contributed by atoms with Crippen LogP contribution in [-0.2, 0) is 16.1 Å². The standard InChI is InChI=1S/C24H31BrN2O3/c1-5-22(24(29)26-14-17(2)3)27(15-19-8-6-18(4)7-9-19)23(28)16-30-21-12-10-20(25)11-13-21/h6-13,17,22H,5,14-16H2,1-4H3,(H,26,29). The molecule has 0 aliphatic rings. The third-order valence-electron chi connectivity index (χ3n) is 4.72. The number of nitrogens with one attached hydrogen (secondary N) is 1. The molecule has 2 amide bonds. The molecular weight excluding hydrogens is 444 g/mol. The molecule has 0 aromatic heterocycles. The molecule has 6 heteroatoms. The summed E-state index contributed by atoms with van der Waals surface area (Å²) in [5.74, 6) is 0.605. The van der Waals surface area contributed by atoms with E-state index >= 15 is 0 Å². The van der Waals surface area contributed by atoms with Crippen molar-refractivity contribution in [1.29, 1.82) is 0 Å². The van der Waals surface area contributed by atoms with Crippen molar-refractivity contribution in [3.05, 3.63) is 64.1 Å². The number of halogens is 1. The molecular formula is C24H31BrN2O3. The number of benzene rings is 2. The van der Waals surface area contributed by atoms with Crippen LogP contribution in [0.2, 0.25) is 0 Å². The summed E-state index contributed by atoms with van der Waals surface area (Å²) < 4.78 is 6.63. The van der Waals surface area contributed by atoms with Gasteiger partial charge in [-0.15, -0.1) is 0 Å². The van der Waals surface area contributed by atoms with Crippen molar-refractivity contribution in [2.45, 2.75) is 46.7 Å². The molecule has 30 heavy (non-hydrogen) atoms. The Labute approximate surface area is 187 Å². The summed E-state index contributed by atoms with van der Waals surface area (Å²) in [7, 11) is 0. The van der Waals surface area contributed by atoms with Gasteiger partial charge in [-0.05, 0) is 49.1 Å². The number of aryl methyl sites for hydroxylation is 1. The maximum Gasteiger partial charge on any atom is 0.261 e. The van der Waals surface area contributed by atoms with Gasteiger partial charge in [-0.25, -0.2) is 0 Å². The van der Waals surface area contributed by atoms with Crippen molar-refractivity contribution in [3.63, 3.8) is 0 Å². The number of nitrogens with zero attached hydrogens (tertiary/aromatic N) is 1. The average Bonchev–Trinajstić information content (AvgIpc) is 2.72. The molecule has 5 nitrogen and oxygen atoms in total. The molecule has 0 bridgehead atoms. The molecule has 2 aromatic carbocycles. The Balaban J connectivity index is 2.17. The summed E-state index contributed by atoms with van der Waals surface area (Å²) >= 11 is 3.38. The topological polar surface area (TPSA) is 58.6 Å². The van der Waals surface area contributed by atoms with Crippen LogP contribution in [0.25, 0.3) is 0 Å². The summed E-state index contributed by atoms with van der Waals surface area (Å²) in [5, 5.41) is 2.96. The van der Waals surface area contributed by atoms with Crippen molar-refractivity contribution < 1.29 is 14.3 Å². The predicted octanol–water partition coefficient (Wildman–Crippen LogP) is 4.72. The fraction of sp³-hybridized carbons (Fsp3) is 0.417. The van der Waals surface area contributed by atoms with E-state index in [0.717, 1.165) is 15.6 Å². The van der Waals surface area contributed by atoms with E-state index in [9.17, 15) is 9.59 Å². The predicted molar refractivity (Wildman–Crippen MR) is 123 cm³/mol. The van der Waals surface area contributed by atoms with Gasteiger partial charge in [-0.1, -0.05) is 66.5 Å². The van der Waals surface area contributed by atoms with Crippen LogP contribution in [0, 0.1) is 12.8 Å². The van der Waals surface area contributed by atoms with Crippen molar-refractivity contribution in [1.82, 2.24) is 10.2 Å². The number of ether oxygens (including phenoxy) is 1. The second-order valence-corrected chi connectivity index (χ2v) is 8.73. The molecule has 0 heterocycles. The van der Waals surface area contributed by atoms with Gasteiger partial charge in [-0.3, -0.25) is 9.59 Å². The Morgan fingerprint density at radius 2 is 1.70 bits per heavy atom. The van der Waals surface area contributed by atoms with Crippen molar-refractivity contribution in [2.75, 3.05) is 13.2 Å². The Hall–Kier alpha value is -2.34. The van der Waals surface area contributed by atoms with E-state index in [1.54, 1.807) is 17.0 Å². The van der Waals surface area contributed by atoms with Crippen LogP contribution in [0.4, 0.5) is 0 Å². The van der Waals surface area contributed by atoms with Gasteiger partial charge in [0, 0.05) is 17.6 Å². The zero-order valence-corrected chi connectivity index (χ0v) is 19.7. The SMILES string of the molecule is CCC(C(=O)NCC(C)C)N(Cc1ccc(C)cc1)C(=O)COc1ccc(Br)cc1. The van der Waals surface area contributed by atoms with E-state index in [2.05, 4.69) is 21.2 Å². The number of amides is 2. The normalized spacial score (nSPS) is 11.8. The summed E-state index contributed by atoms with van der Waals surface area (Å²) in [6.07, 6.45) is 0.528. The molecule has 162 valence electrons. The Morgan fingerprint density at radius 3 is 2.27 bits per heavy atom. The highest BCUT2D eigenvalue weighted by atomic mass is 79.9. The molecule has 0 fully saturated rings. The highest BCUT2D eigenvalue weighted by molar-refractivity contribution is 9.10. The second kappa shape index (κ2) is 11.7. The molecule has 2 aromatic rings. The van der Waals surface area contributed by atoms with Gasteiger partial charge in [0.05, 0.1) is 0 Å². The maximum atomic E-state index is 13.1. The average molecular weight is 475 g/mol. The molecule has 1 unspecified atom stereocenters. The first kappa shape index (κ1) is 23.9. The van der Waals surface area contributed by atoms with E-state index in [1.165, 1.54) is 0 Å². The fourth-order valence-corrected chi connectivity index (χ4v) is 3.26. The Bertz CT molecular complexity index is 819. The molecule has 0 saturated carbocycles. The van der Waals surface area contributed by atoms with E-state index in [0.29, 0.717) is 31.2 Å². The number of hydrogen-bond acceptors (Lipinski definition) is 3. The molecule has 0 radical (unpaired) electrons. The van der Waals surface area contributed by atoms with E-state index in [-0.39, 0.29) is 18.4 Å². The molecule has 1 N–H and O–H groups in total. The lowest BCUT2D eigenvalue weighted by Crippen LogP contribution is -2.50. The zero-order valence-electron chi connectivity index (χ0n) is 18.2. The molecule has 0 aliphatic carbocycles. The third-order valence-corrected chi connectivity index (χ3v) is 5.25. The van der Waals surface area contributed by atoms with Crippen LogP contribution >= 0.6 is 15.9 Å². The first-order valence-electron chi connectivity index (χ1n) is 10.3. The van der Waals surface area contributed by atoms with Crippen molar-refractivity contribution in [3.8, 4) is 5.75 Å². The largest absolute Gasteiger partial charge is 0.484 e. The fourth-order valence-electron chi connectivity index (χ4n) is 2.99. The maximum absolute atomic E-state index is 13.1. The molecule has 0 aliphatic heterocycles. The van der Waals surface area contributed by atoms with E-state index in [4.69, 9.17) is 4.74 Å². The van der Waals surface area contributed by atoms with Gasteiger partial charge < -0.3 is 15.0 Å². The van der Waals surface area contributed by atoms with Crippen LogP contribution in [0.15, 0.2) is 53.0 Å². The minimum atomic E-state index is -0.550. The van der Waals surface area contributed by atoms with E-state index < -0.39 is 6.04 Å². The van der Waals surface area contributed by atoms with Gasteiger partial charge in [0.25, 0.3) is 5.91 Å².